The molecule has 1 N–H and O–H groups in total. The van der Waals surface area contributed by atoms with Crippen LogP contribution < -0.4 is 5.32 Å². The molecule has 0 spiro atoms. The van der Waals surface area contributed by atoms with Gasteiger partial charge in [0.1, 0.15) is 0 Å². The van der Waals surface area contributed by atoms with Crippen LogP contribution in [0.3, 0.4) is 0 Å². The van der Waals surface area contributed by atoms with E-state index in [0.29, 0.717) is 37.2 Å². The molecule has 1 aliphatic rings. The lowest BCUT2D eigenvalue weighted by molar-refractivity contribution is -0.138. The smallest absolute Gasteiger partial charge is 0.227 e. The van der Waals surface area contributed by atoms with Gasteiger partial charge in [0.2, 0.25) is 11.8 Å². The summed E-state index contributed by atoms with van der Waals surface area (Å²) in [5.74, 6) is 0.0678. The van der Waals surface area contributed by atoms with Gasteiger partial charge in [0.25, 0.3) is 0 Å². The van der Waals surface area contributed by atoms with E-state index in [1.165, 1.54) is 0 Å². The van der Waals surface area contributed by atoms with Gasteiger partial charge in [-0.2, -0.15) is 5.26 Å². The van der Waals surface area contributed by atoms with Crippen LogP contribution in [0.5, 0.6) is 0 Å². The van der Waals surface area contributed by atoms with Crippen LogP contribution in [0.25, 0.3) is 0 Å². The molecule has 0 radical (unpaired) electrons. The zero-order chi connectivity index (χ0) is 20.6. The Hall–Kier alpha value is -3.13. The average Bonchev–Trinajstić information content (AvgIpc) is 2.78. The van der Waals surface area contributed by atoms with Crippen LogP contribution in [0.4, 0.5) is 5.69 Å². The number of nitrogens with one attached hydrogen (secondary N) is 1. The maximum Gasteiger partial charge on any atom is 0.227 e. The van der Waals surface area contributed by atoms with E-state index in [1.54, 1.807) is 24.3 Å². The molecule has 0 heterocycles. The number of carbonyl (C=O) groups is 2. The highest BCUT2D eigenvalue weighted by Crippen LogP contribution is 2.31. The van der Waals surface area contributed by atoms with Gasteiger partial charge in [0.15, 0.2) is 0 Å². The highest BCUT2D eigenvalue weighted by Gasteiger charge is 2.32. The predicted molar refractivity (Wildman–Crippen MR) is 113 cm³/mol. The first-order chi connectivity index (χ1) is 14.1. The molecule has 5 nitrogen and oxygen atoms in total. The van der Waals surface area contributed by atoms with Crippen molar-refractivity contribution in [3.63, 3.8) is 0 Å². The summed E-state index contributed by atoms with van der Waals surface area (Å²) in [5, 5.41) is 11.9. The summed E-state index contributed by atoms with van der Waals surface area (Å²) in [7, 11) is 0. The molecule has 0 aromatic heterocycles. The molecule has 150 valence electrons. The molecule has 0 unspecified atom stereocenters. The van der Waals surface area contributed by atoms with Crippen molar-refractivity contribution in [2.75, 3.05) is 11.9 Å². The third-order valence-electron chi connectivity index (χ3n) is 5.62. The molecular weight excluding hydrogens is 362 g/mol. The second-order valence-electron chi connectivity index (χ2n) is 7.57. The van der Waals surface area contributed by atoms with E-state index in [4.69, 9.17) is 5.26 Å². The summed E-state index contributed by atoms with van der Waals surface area (Å²) in [4.78, 5) is 27.5. The number of carbonyl (C=O) groups excluding carboxylic acids is 2. The van der Waals surface area contributed by atoms with Gasteiger partial charge >= 0.3 is 0 Å². The van der Waals surface area contributed by atoms with Crippen molar-refractivity contribution in [2.24, 2.45) is 11.8 Å². The molecule has 1 fully saturated rings. The Kier molecular flexibility index (Phi) is 7.02. The minimum atomic E-state index is -0.0889. The lowest BCUT2D eigenvalue weighted by Crippen LogP contribution is -2.38. The SMILES string of the molecule is CCN(Cc1ccccc1)C(=O)C1CCC(C(=O)Nc2cccc(C#N)c2)CC1. The first-order valence-electron chi connectivity index (χ1n) is 10.2. The Morgan fingerprint density at radius 3 is 2.38 bits per heavy atom. The third-order valence-corrected chi connectivity index (χ3v) is 5.62. The number of amides is 2. The summed E-state index contributed by atoms with van der Waals surface area (Å²) in [6.45, 7) is 3.32. The maximum atomic E-state index is 13.0. The summed E-state index contributed by atoms with van der Waals surface area (Å²) >= 11 is 0. The van der Waals surface area contributed by atoms with E-state index in [9.17, 15) is 9.59 Å². The molecule has 2 amide bonds. The molecular formula is C24H27N3O2. The molecule has 0 saturated heterocycles. The van der Waals surface area contributed by atoms with Gasteiger partial charge in [-0.1, -0.05) is 36.4 Å². The van der Waals surface area contributed by atoms with E-state index in [2.05, 4.69) is 11.4 Å². The molecule has 0 bridgehead atoms. The van der Waals surface area contributed by atoms with Crippen LogP contribution in [0, 0.1) is 23.2 Å². The maximum absolute atomic E-state index is 13.0. The molecule has 5 heteroatoms. The molecule has 1 saturated carbocycles. The number of nitrogens with zero attached hydrogens (tertiary/aromatic N) is 2. The van der Waals surface area contributed by atoms with Crippen molar-refractivity contribution in [1.29, 1.82) is 5.26 Å². The summed E-state index contributed by atoms with van der Waals surface area (Å²) in [6.07, 6.45) is 2.90. The van der Waals surface area contributed by atoms with Crippen LogP contribution >= 0.6 is 0 Å². The third kappa shape index (κ3) is 5.45. The van der Waals surface area contributed by atoms with Crippen LogP contribution in [0.2, 0.25) is 0 Å². The Balaban J connectivity index is 1.53. The van der Waals surface area contributed by atoms with Crippen LogP contribution in [0.1, 0.15) is 43.7 Å². The Bertz CT molecular complexity index is 880. The highest BCUT2D eigenvalue weighted by atomic mass is 16.2. The Morgan fingerprint density at radius 1 is 1.03 bits per heavy atom. The molecule has 29 heavy (non-hydrogen) atoms. The molecule has 0 aliphatic heterocycles. The summed E-state index contributed by atoms with van der Waals surface area (Å²) in [5.41, 5.74) is 2.30. The van der Waals surface area contributed by atoms with Gasteiger partial charge in [0.05, 0.1) is 11.6 Å². The van der Waals surface area contributed by atoms with Crippen molar-refractivity contribution < 1.29 is 9.59 Å². The first kappa shape index (κ1) is 20.6. The van der Waals surface area contributed by atoms with Gasteiger partial charge in [-0.3, -0.25) is 9.59 Å². The van der Waals surface area contributed by atoms with Crippen molar-refractivity contribution >= 4 is 17.5 Å². The fourth-order valence-corrected chi connectivity index (χ4v) is 3.92. The monoisotopic (exact) mass is 389 g/mol. The van der Waals surface area contributed by atoms with E-state index in [1.807, 2.05) is 42.2 Å². The van der Waals surface area contributed by atoms with Crippen molar-refractivity contribution in [1.82, 2.24) is 4.90 Å². The number of hydrogen-bond acceptors (Lipinski definition) is 3. The van der Waals surface area contributed by atoms with Gasteiger partial charge in [0, 0.05) is 30.6 Å². The number of hydrogen-bond donors (Lipinski definition) is 1. The van der Waals surface area contributed by atoms with E-state index in [0.717, 1.165) is 18.4 Å². The van der Waals surface area contributed by atoms with E-state index >= 15 is 0 Å². The molecule has 2 aromatic carbocycles. The first-order valence-corrected chi connectivity index (χ1v) is 10.2. The zero-order valence-electron chi connectivity index (χ0n) is 16.8. The minimum absolute atomic E-state index is 0.00960. The van der Waals surface area contributed by atoms with Crippen molar-refractivity contribution in [3.8, 4) is 6.07 Å². The lowest BCUT2D eigenvalue weighted by atomic mass is 9.80. The standard InChI is InChI=1S/C24H27N3O2/c1-2-27(17-18-7-4-3-5-8-18)24(29)21-13-11-20(12-14-21)23(28)26-22-10-6-9-19(15-22)16-25/h3-10,15,20-21H,2,11-14,17H2,1H3,(H,26,28). The number of rotatable bonds is 6. The fraction of sp³-hybridized carbons (Fsp3) is 0.375. The summed E-state index contributed by atoms with van der Waals surface area (Å²) in [6, 6.07) is 19.0. The van der Waals surface area contributed by atoms with Gasteiger partial charge in [-0.25, -0.2) is 0 Å². The molecule has 3 rings (SSSR count). The Labute approximate surface area is 172 Å². The van der Waals surface area contributed by atoms with Crippen molar-refractivity contribution in [2.45, 2.75) is 39.2 Å². The minimum Gasteiger partial charge on any atom is -0.338 e. The highest BCUT2D eigenvalue weighted by molar-refractivity contribution is 5.93. The topological polar surface area (TPSA) is 73.2 Å². The largest absolute Gasteiger partial charge is 0.338 e. The second-order valence-corrected chi connectivity index (χ2v) is 7.57. The van der Waals surface area contributed by atoms with E-state index in [-0.39, 0.29) is 23.7 Å². The van der Waals surface area contributed by atoms with Crippen LogP contribution in [-0.4, -0.2) is 23.3 Å². The van der Waals surface area contributed by atoms with Gasteiger partial charge in [-0.15, -0.1) is 0 Å². The fourth-order valence-electron chi connectivity index (χ4n) is 3.92. The number of benzene rings is 2. The number of anilines is 1. The van der Waals surface area contributed by atoms with Crippen molar-refractivity contribution in [3.05, 3.63) is 65.7 Å². The summed E-state index contributed by atoms with van der Waals surface area (Å²) < 4.78 is 0. The zero-order valence-corrected chi connectivity index (χ0v) is 16.8. The lowest BCUT2D eigenvalue weighted by Gasteiger charge is -2.31. The molecule has 0 atom stereocenters. The van der Waals surface area contributed by atoms with E-state index < -0.39 is 0 Å². The number of nitriles is 1. The molecule has 1 aliphatic carbocycles. The average molecular weight is 389 g/mol. The normalized spacial score (nSPS) is 18.5. The van der Waals surface area contributed by atoms with Gasteiger partial charge < -0.3 is 10.2 Å². The second kappa shape index (κ2) is 9.88. The molecule has 2 aromatic rings. The van der Waals surface area contributed by atoms with Crippen LogP contribution in [0.15, 0.2) is 54.6 Å². The Morgan fingerprint density at radius 2 is 1.72 bits per heavy atom. The van der Waals surface area contributed by atoms with Crippen LogP contribution in [-0.2, 0) is 16.1 Å². The quantitative estimate of drug-likeness (QED) is 0.798. The predicted octanol–water partition coefficient (Wildman–Crippen LogP) is 4.35. The van der Waals surface area contributed by atoms with Gasteiger partial charge in [-0.05, 0) is 56.4 Å².